The fraction of sp³-hybridized carbons (Fsp3) is 0.314. The predicted molar refractivity (Wildman–Crippen MR) is 173 cm³/mol. The molecule has 1 amide bonds. The van der Waals surface area contributed by atoms with Crippen molar-refractivity contribution in [2.45, 2.75) is 53.4 Å². The lowest BCUT2D eigenvalue weighted by Crippen LogP contribution is -2.40. The Hall–Kier alpha value is -4.72. The quantitative estimate of drug-likeness (QED) is 0.174. The fourth-order valence-electron chi connectivity index (χ4n) is 5.74. The van der Waals surface area contributed by atoms with Crippen molar-refractivity contribution in [2.75, 3.05) is 25.2 Å². The van der Waals surface area contributed by atoms with Gasteiger partial charge in [-0.1, -0.05) is 60.6 Å². The fourth-order valence-corrected chi connectivity index (χ4v) is 5.74. The maximum absolute atomic E-state index is 13.7. The second-order valence-corrected chi connectivity index (χ2v) is 11.0. The topological polar surface area (TPSA) is 90.9 Å². The highest BCUT2D eigenvalue weighted by Gasteiger charge is 2.31. The Bertz CT molecular complexity index is 1680. The lowest BCUT2D eigenvalue weighted by atomic mass is 9.84. The molecule has 0 aliphatic carbocycles. The van der Waals surface area contributed by atoms with Crippen LogP contribution in [0.15, 0.2) is 82.9 Å². The number of amides is 1. The number of rotatable bonds is 8. The van der Waals surface area contributed by atoms with Crippen LogP contribution in [0.3, 0.4) is 0 Å². The molecule has 2 aliphatic rings. The number of carbonyl (C=O) groups is 2. The molecule has 5 rings (SSSR count). The molecule has 0 unspecified atom stereocenters. The minimum atomic E-state index is -0.568. The maximum Gasteiger partial charge on any atom is 0.295 e. The highest BCUT2D eigenvalue weighted by Crippen LogP contribution is 2.37. The summed E-state index contributed by atoms with van der Waals surface area (Å²) < 4.78 is 5.56. The summed E-state index contributed by atoms with van der Waals surface area (Å²) in [6, 6.07) is 8.47. The minimum Gasteiger partial charge on any atom is -0.494 e. The second-order valence-electron chi connectivity index (χ2n) is 11.0. The summed E-state index contributed by atoms with van der Waals surface area (Å²) in [7, 11) is 1.53. The summed E-state index contributed by atoms with van der Waals surface area (Å²) in [5.74, 6) is -0.135. The second kappa shape index (κ2) is 13.1. The minimum absolute atomic E-state index is 0.268. The van der Waals surface area contributed by atoms with Crippen molar-refractivity contribution < 1.29 is 14.3 Å². The van der Waals surface area contributed by atoms with Crippen LogP contribution in [0.5, 0.6) is 5.75 Å². The van der Waals surface area contributed by atoms with Gasteiger partial charge in [0.1, 0.15) is 5.75 Å². The number of Topliss-reactive ketones (excluding diaryl/α,β-unsaturated/α-hetero) is 1. The van der Waals surface area contributed by atoms with Gasteiger partial charge in [0, 0.05) is 38.1 Å². The number of fused-ring (bicyclic) bond motifs is 1. The van der Waals surface area contributed by atoms with Crippen molar-refractivity contribution in [2.24, 2.45) is 5.10 Å². The molecule has 0 saturated carbocycles. The molecule has 43 heavy (non-hydrogen) atoms. The van der Waals surface area contributed by atoms with Crippen molar-refractivity contribution in [3.05, 3.63) is 94.5 Å². The predicted octanol–water partition coefficient (Wildman–Crippen LogP) is 7.15. The number of benzene rings is 1. The summed E-state index contributed by atoms with van der Waals surface area (Å²) >= 11 is 0. The van der Waals surface area contributed by atoms with Crippen LogP contribution in [-0.4, -0.2) is 53.0 Å². The number of nitrogens with zero attached hydrogens (tertiary/aromatic N) is 4. The Labute approximate surface area is 253 Å². The van der Waals surface area contributed by atoms with Crippen LogP contribution in [0.2, 0.25) is 0 Å². The van der Waals surface area contributed by atoms with Crippen LogP contribution in [0.4, 0.5) is 5.82 Å². The van der Waals surface area contributed by atoms with Gasteiger partial charge in [0.2, 0.25) is 0 Å². The standard InChI is InChI=1S/C35H39N5O3/c1-6-7-13-26(23(2)3)30(27-14-9-8-12-24(27)4)25-15-19-39(20-16-25)35(42)33(41)28-21-36-32-31(28)29(43-5)22-37-34(32)40-18-11-10-17-38-40/h7-9,11-14,17-18,21-22,36H,6,10,15-16,19-20H2,1-5H3. The Morgan fingerprint density at radius 3 is 2.53 bits per heavy atom. The van der Waals surface area contributed by atoms with E-state index >= 15 is 0 Å². The number of carbonyl (C=O) groups excluding carboxylic acids is 2. The largest absolute Gasteiger partial charge is 0.494 e. The smallest absolute Gasteiger partial charge is 0.295 e. The first-order valence-electron chi connectivity index (χ1n) is 14.8. The number of hydrazone groups is 1. The summed E-state index contributed by atoms with van der Waals surface area (Å²) in [5, 5.41) is 6.54. The van der Waals surface area contributed by atoms with Gasteiger partial charge >= 0.3 is 0 Å². The number of likely N-dealkylation sites (tertiary alicyclic amines) is 1. The number of aromatic nitrogens is 2. The Balaban J connectivity index is 1.44. The molecule has 8 nitrogen and oxygen atoms in total. The molecule has 8 heteroatoms. The first kappa shape index (κ1) is 29.8. The summed E-state index contributed by atoms with van der Waals surface area (Å²) in [4.78, 5) is 36.7. The molecule has 4 heterocycles. The number of H-pyrrole nitrogens is 1. The van der Waals surface area contributed by atoms with E-state index in [0.717, 1.165) is 12.8 Å². The van der Waals surface area contributed by atoms with Crippen molar-refractivity contribution in [1.29, 1.82) is 0 Å². The van der Waals surface area contributed by atoms with Gasteiger partial charge in [0.15, 0.2) is 5.82 Å². The molecule has 222 valence electrons. The highest BCUT2D eigenvalue weighted by molar-refractivity contribution is 6.45. The lowest BCUT2D eigenvalue weighted by molar-refractivity contribution is -0.126. The van der Waals surface area contributed by atoms with Gasteiger partial charge in [0.25, 0.3) is 11.7 Å². The van der Waals surface area contributed by atoms with Crippen molar-refractivity contribution in [3.8, 4) is 5.75 Å². The molecular formula is C35H39N5O3. The molecule has 1 saturated heterocycles. The van der Waals surface area contributed by atoms with Crippen LogP contribution < -0.4 is 9.75 Å². The molecular weight excluding hydrogens is 538 g/mol. The van der Waals surface area contributed by atoms with Crippen molar-refractivity contribution in [3.63, 3.8) is 0 Å². The number of piperidine rings is 1. The van der Waals surface area contributed by atoms with Gasteiger partial charge in [-0.2, -0.15) is 5.10 Å². The molecule has 1 N–H and O–H groups in total. The van der Waals surface area contributed by atoms with E-state index in [-0.39, 0.29) is 5.56 Å². The number of hydrogen-bond acceptors (Lipinski definition) is 6. The Morgan fingerprint density at radius 1 is 1.12 bits per heavy atom. The Kier molecular flexibility index (Phi) is 9.04. The molecule has 0 atom stereocenters. The highest BCUT2D eigenvalue weighted by atomic mass is 16.5. The number of allylic oxidation sites excluding steroid dienone is 6. The summed E-state index contributed by atoms with van der Waals surface area (Å²) in [6.07, 6.45) is 16.2. The first-order valence-corrected chi connectivity index (χ1v) is 14.8. The van der Waals surface area contributed by atoms with Gasteiger partial charge in [0.05, 0.1) is 29.8 Å². The van der Waals surface area contributed by atoms with E-state index < -0.39 is 11.7 Å². The van der Waals surface area contributed by atoms with Gasteiger partial charge < -0.3 is 14.6 Å². The number of aryl methyl sites for hydroxylation is 1. The third-order valence-electron chi connectivity index (χ3n) is 7.97. The zero-order chi connectivity index (χ0) is 30.5. The van der Waals surface area contributed by atoms with E-state index in [9.17, 15) is 9.59 Å². The number of methoxy groups -OCH3 is 1. The third-order valence-corrected chi connectivity index (χ3v) is 7.97. The number of anilines is 1. The number of nitrogens with one attached hydrogen (secondary N) is 1. The average Bonchev–Trinajstić information content (AvgIpc) is 3.48. The molecule has 2 aliphatic heterocycles. The molecule has 0 bridgehead atoms. The van der Waals surface area contributed by atoms with Crippen LogP contribution in [-0.2, 0) is 4.79 Å². The van der Waals surface area contributed by atoms with Crippen LogP contribution >= 0.6 is 0 Å². The monoisotopic (exact) mass is 577 g/mol. The molecule has 1 fully saturated rings. The van der Waals surface area contributed by atoms with E-state index in [0.29, 0.717) is 48.4 Å². The van der Waals surface area contributed by atoms with Crippen molar-refractivity contribution >= 4 is 40.2 Å². The normalized spacial score (nSPS) is 15.0. The first-order chi connectivity index (χ1) is 20.8. The number of ether oxygens (including phenoxy) is 1. The van der Waals surface area contributed by atoms with E-state index in [4.69, 9.17) is 4.74 Å². The van der Waals surface area contributed by atoms with Crippen LogP contribution in [0.1, 0.15) is 67.9 Å². The Morgan fingerprint density at radius 2 is 1.88 bits per heavy atom. The van der Waals surface area contributed by atoms with Crippen molar-refractivity contribution in [1.82, 2.24) is 14.9 Å². The van der Waals surface area contributed by atoms with E-state index in [2.05, 4.69) is 79.2 Å². The number of ketones is 1. The SMILES string of the molecule is CCC=CC(=C(C)C)C(=C1CCN(C(=O)C(=O)c2c[nH]c3c(N4C=CCC=N4)ncc(OC)c23)CC1)c1ccccc1C. The average molecular weight is 578 g/mol. The van der Waals surface area contributed by atoms with Crippen LogP contribution in [0, 0.1) is 6.92 Å². The third kappa shape index (κ3) is 5.95. The molecule has 3 aromatic rings. The van der Waals surface area contributed by atoms with E-state index in [1.807, 2.05) is 12.3 Å². The van der Waals surface area contributed by atoms with Gasteiger partial charge in [-0.25, -0.2) is 9.99 Å². The lowest BCUT2D eigenvalue weighted by Gasteiger charge is -2.30. The zero-order valence-electron chi connectivity index (χ0n) is 25.6. The molecule has 0 radical (unpaired) electrons. The van der Waals surface area contributed by atoms with E-state index in [1.54, 1.807) is 28.5 Å². The number of pyridine rings is 1. The summed E-state index contributed by atoms with van der Waals surface area (Å²) in [5.41, 5.74) is 8.31. The molecule has 1 aromatic carbocycles. The van der Waals surface area contributed by atoms with Gasteiger partial charge in [-0.05, 0) is 62.3 Å². The van der Waals surface area contributed by atoms with E-state index in [1.165, 1.54) is 40.5 Å². The summed E-state index contributed by atoms with van der Waals surface area (Å²) in [6.45, 7) is 9.53. The molecule has 2 aromatic heterocycles. The zero-order valence-corrected chi connectivity index (χ0v) is 25.6. The number of hydrogen-bond donors (Lipinski definition) is 1. The van der Waals surface area contributed by atoms with Crippen LogP contribution in [0.25, 0.3) is 16.5 Å². The number of aromatic amines is 1. The van der Waals surface area contributed by atoms with Gasteiger partial charge in [-0.3, -0.25) is 9.59 Å². The van der Waals surface area contributed by atoms with Gasteiger partial charge in [-0.15, -0.1) is 0 Å². The molecule has 0 spiro atoms. The maximum atomic E-state index is 13.7.